The van der Waals surface area contributed by atoms with Gasteiger partial charge in [0.15, 0.2) is 0 Å². The van der Waals surface area contributed by atoms with Gasteiger partial charge >= 0.3 is 0 Å². The van der Waals surface area contributed by atoms with Crippen LogP contribution in [-0.4, -0.2) is 25.1 Å². The molecule has 0 aliphatic carbocycles. The third-order valence-electron chi connectivity index (χ3n) is 3.03. The minimum Gasteiger partial charge on any atom is -0.457 e. The number of hydrogen-bond donors (Lipinski definition) is 0. The molecule has 0 saturated carbocycles. The van der Waals surface area contributed by atoms with Crippen molar-refractivity contribution in [3.63, 3.8) is 0 Å². The molecule has 24 heavy (non-hydrogen) atoms. The van der Waals surface area contributed by atoms with E-state index in [2.05, 4.69) is 10.3 Å². The summed E-state index contributed by atoms with van der Waals surface area (Å²) < 4.78 is 5.77. The molecule has 0 amide bonds. The molecule has 0 aromatic heterocycles. The van der Waals surface area contributed by atoms with E-state index in [0.29, 0.717) is 34.6 Å². The highest BCUT2D eigenvalue weighted by molar-refractivity contribution is 6.47. The molecule has 0 radical (unpaired) electrons. The largest absolute Gasteiger partial charge is 0.457 e. The number of ether oxygens (including phenoxy) is 1. The van der Waals surface area contributed by atoms with Crippen molar-refractivity contribution >= 4 is 23.0 Å². The normalized spacial score (nSPS) is 12.0. The Hall–Kier alpha value is -2.53. The molecule has 2 rings (SSSR count). The first kappa shape index (κ1) is 17.8. The smallest absolute Gasteiger partial charge is 0.134 e. The van der Waals surface area contributed by atoms with E-state index in [-0.39, 0.29) is 0 Å². The lowest BCUT2D eigenvalue weighted by Crippen LogP contribution is -2.13. The monoisotopic (exact) mass is 346 g/mol. The summed E-state index contributed by atoms with van der Waals surface area (Å²) in [5, 5.41) is 8.69. The van der Waals surface area contributed by atoms with Gasteiger partial charge in [-0.3, -0.25) is 0 Å². The molecular weight excluding hydrogens is 328 g/mol. The van der Waals surface area contributed by atoms with Crippen molar-refractivity contribution < 1.29 is 14.4 Å². The van der Waals surface area contributed by atoms with Gasteiger partial charge in [0.2, 0.25) is 0 Å². The Morgan fingerprint density at radius 2 is 1.54 bits per heavy atom. The van der Waals surface area contributed by atoms with Crippen molar-refractivity contribution in [1.29, 1.82) is 0 Å². The van der Waals surface area contributed by atoms with Crippen LogP contribution in [0.15, 0.2) is 58.8 Å². The Balaban J connectivity index is 2.19. The van der Waals surface area contributed by atoms with Crippen LogP contribution < -0.4 is 4.74 Å². The summed E-state index contributed by atoms with van der Waals surface area (Å²) in [4.78, 5) is 9.98. The molecule has 0 fully saturated rings. The van der Waals surface area contributed by atoms with E-state index in [9.17, 15) is 0 Å². The zero-order valence-corrected chi connectivity index (χ0v) is 14.6. The van der Waals surface area contributed by atoms with Gasteiger partial charge in [-0.2, -0.15) is 0 Å². The van der Waals surface area contributed by atoms with Crippen molar-refractivity contribution in [2.24, 2.45) is 10.3 Å². The molecule has 0 N–H and O–H groups in total. The predicted molar refractivity (Wildman–Crippen MR) is 96.2 cm³/mol. The molecule has 0 aliphatic rings. The molecule has 0 spiro atoms. The minimum absolute atomic E-state index is 0.474. The number of halogens is 1. The topological polar surface area (TPSA) is 52.4 Å². The zero-order valence-electron chi connectivity index (χ0n) is 13.8. The van der Waals surface area contributed by atoms with Gasteiger partial charge in [-0.15, -0.1) is 0 Å². The summed E-state index contributed by atoms with van der Waals surface area (Å²) in [5.74, 6) is 1.42. The second-order valence-corrected chi connectivity index (χ2v) is 5.23. The first-order chi connectivity index (χ1) is 11.6. The van der Waals surface area contributed by atoms with E-state index >= 15 is 0 Å². The number of benzene rings is 2. The third-order valence-corrected chi connectivity index (χ3v) is 3.28. The average molecular weight is 347 g/mol. The molecule has 126 valence electrons. The molecule has 0 aliphatic heterocycles. The summed E-state index contributed by atoms with van der Waals surface area (Å²) in [6, 6.07) is 14.7. The summed E-state index contributed by atoms with van der Waals surface area (Å²) in [5.41, 5.74) is 2.08. The van der Waals surface area contributed by atoms with Crippen LogP contribution >= 0.6 is 11.6 Å². The van der Waals surface area contributed by atoms with E-state index in [0.717, 1.165) is 5.56 Å². The number of hydrogen-bond acceptors (Lipinski definition) is 5. The van der Waals surface area contributed by atoms with Crippen LogP contribution in [0.1, 0.15) is 19.4 Å². The number of oxime groups is 2. The van der Waals surface area contributed by atoms with Crippen LogP contribution in [0.2, 0.25) is 5.02 Å². The number of nitrogens with zero attached hydrogens (tertiary/aromatic N) is 2. The van der Waals surface area contributed by atoms with Gasteiger partial charge in [0.05, 0.1) is 0 Å². The molecule has 0 atom stereocenters. The highest BCUT2D eigenvalue weighted by atomic mass is 35.5. The second-order valence-electron chi connectivity index (χ2n) is 4.80. The van der Waals surface area contributed by atoms with E-state index in [1.165, 1.54) is 7.11 Å². The highest BCUT2D eigenvalue weighted by Crippen LogP contribution is 2.23. The zero-order chi connectivity index (χ0) is 17.4. The van der Waals surface area contributed by atoms with Gasteiger partial charge in [0.1, 0.15) is 36.6 Å². The van der Waals surface area contributed by atoms with Crippen LogP contribution in [0.25, 0.3) is 0 Å². The molecule has 5 nitrogen and oxygen atoms in total. The fourth-order valence-corrected chi connectivity index (χ4v) is 2.08. The lowest BCUT2D eigenvalue weighted by Gasteiger charge is -2.08. The van der Waals surface area contributed by atoms with Crippen molar-refractivity contribution in [1.82, 2.24) is 0 Å². The van der Waals surface area contributed by atoms with Crippen molar-refractivity contribution in [3.8, 4) is 11.5 Å². The summed E-state index contributed by atoms with van der Waals surface area (Å²) in [6.07, 6.45) is 0. The highest BCUT2D eigenvalue weighted by Gasteiger charge is 2.10. The fraction of sp³-hybridized carbons (Fsp3) is 0.222. The first-order valence-corrected chi connectivity index (χ1v) is 7.83. The lowest BCUT2D eigenvalue weighted by molar-refractivity contribution is 0.159. The second kappa shape index (κ2) is 8.93. The molecule has 0 saturated heterocycles. The van der Waals surface area contributed by atoms with E-state index in [1.54, 1.807) is 19.1 Å². The Morgan fingerprint density at radius 1 is 0.958 bits per heavy atom. The van der Waals surface area contributed by atoms with Crippen LogP contribution in [-0.2, 0) is 9.68 Å². The molecule has 0 bridgehead atoms. The van der Waals surface area contributed by atoms with Gasteiger partial charge in [0, 0.05) is 10.6 Å². The third kappa shape index (κ3) is 4.99. The SMILES string of the molecule is CCON=C(C(C)=NOC)c1ccc(Oc2ccc(Cl)cc2)cc1. The molecule has 2 aromatic carbocycles. The minimum atomic E-state index is 0.474. The fourth-order valence-electron chi connectivity index (χ4n) is 1.96. The van der Waals surface area contributed by atoms with Gasteiger partial charge in [0.25, 0.3) is 0 Å². The van der Waals surface area contributed by atoms with Gasteiger partial charge in [-0.25, -0.2) is 0 Å². The Kier molecular flexibility index (Phi) is 6.63. The standard InChI is InChI=1S/C18H19ClN2O3/c1-4-23-21-18(13(2)20-22-3)14-5-9-16(10-6-14)24-17-11-7-15(19)8-12-17/h5-12H,4H2,1-3H3. The van der Waals surface area contributed by atoms with E-state index in [1.807, 2.05) is 43.3 Å². The average Bonchev–Trinajstić information content (AvgIpc) is 2.59. The van der Waals surface area contributed by atoms with E-state index < -0.39 is 0 Å². The molecule has 2 aromatic rings. The molecule has 0 unspecified atom stereocenters. The van der Waals surface area contributed by atoms with Crippen LogP contribution in [0.4, 0.5) is 0 Å². The quantitative estimate of drug-likeness (QED) is 0.529. The van der Waals surface area contributed by atoms with Crippen LogP contribution in [0.3, 0.4) is 0 Å². The van der Waals surface area contributed by atoms with Gasteiger partial charge in [-0.05, 0) is 62.4 Å². The summed E-state index contributed by atoms with van der Waals surface area (Å²) in [7, 11) is 1.49. The maximum Gasteiger partial charge on any atom is 0.134 e. The summed E-state index contributed by atoms with van der Waals surface area (Å²) in [6.45, 7) is 4.15. The Labute approximate surface area is 146 Å². The van der Waals surface area contributed by atoms with Crippen LogP contribution in [0.5, 0.6) is 11.5 Å². The Morgan fingerprint density at radius 3 is 2.08 bits per heavy atom. The lowest BCUT2D eigenvalue weighted by atomic mass is 10.1. The predicted octanol–water partition coefficient (Wildman–Crippen LogP) is 4.90. The van der Waals surface area contributed by atoms with Crippen LogP contribution in [0, 0.1) is 0 Å². The van der Waals surface area contributed by atoms with Crippen molar-refractivity contribution in [2.75, 3.05) is 13.7 Å². The number of rotatable bonds is 7. The van der Waals surface area contributed by atoms with E-state index in [4.69, 9.17) is 26.0 Å². The van der Waals surface area contributed by atoms with Crippen molar-refractivity contribution in [3.05, 3.63) is 59.1 Å². The molecule has 0 heterocycles. The molecule has 6 heteroatoms. The summed E-state index contributed by atoms with van der Waals surface area (Å²) >= 11 is 5.87. The van der Waals surface area contributed by atoms with Crippen molar-refractivity contribution in [2.45, 2.75) is 13.8 Å². The maximum atomic E-state index is 5.87. The maximum absolute atomic E-state index is 5.87. The first-order valence-electron chi connectivity index (χ1n) is 7.46. The van der Waals surface area contributed by atoms with Gasteiger partial charge < -0.3 is 14.4 Å². The van der Waals surface area contributed by atoms with Gasteiger partial charge in [-0.1, -0.05) is 21.9 Å². The molecular formula is C18H19ClN2O3. The Bertz CT molecular complexity index is 710.